The number of halogens is 1. The molecular formula is C20H21ClN2O3. The monoisotopic (exact) mass is 372 g/mol. The van der Waals surface area contributed by atoms with Gasteiger partial charge in [0.2, 0.25) is 5.91 Å². The molecule has 1 aliphatic heterocycles. The number of hydrogen-bond acceptors (Lipinski definition) is 3. The smallest absolute Gasteiger partial charge is 0.251 e. The van der Waals surface area contributed by atoms with E-state index in [-0.39, 0.29) is 11.8 Å². The van der Waals surface area contributed by atoms with Gasteiger partial charge in [-0.15, -0.1) is 0 Å². The van der Waals surface area contributed by atoms with Crippen molar-refractivity contribution in [3.8, 4) is 5.75 Å². The van der Waals surface area contributed by atoms with E-state index >= 15 is 0 Å². The van der Waals surface area contributed by atoms with Gasteiger partial charge in [0.1, 0.15) is 5.75 Å². The van der Waals surface area contributed by atoms with Crippen LogP contribution < -0.4 is 15.4 Å². The third kappa shape index (κ3) is 4.99. The largest absolute Gasteiger partial charge is 0.494 e. The number of rotatable bonds is 7. The number of ether oxygens (including phenoxy) is 1. The fourth-order valence-corrected chi connectivity index (χ4v) is 2.90. The number of amides is 2. The molecule has 2 aromatic rings. The van der Waals surface area contributed by atoms with Gasteiger partial charge in [-0.25, -0.2) is 0 Å². The summed E-state index contributed by atoms with van der Waals surface area (Å²) >= 11 is 5.83. The molecule has 5 nitrogen and oxygen atoms in total. The minimum atomic E-state index is -0.0941. The van der Waals surface area contributed by atoms with Crippen LogP contribution in [0.5, 0.6) is 5.75 Å². The Hall–Kier alpha value is -2.53. The average molecular weight is 373 g/mol. The van der Waals surface area contributed by atoms with Crippen LogP contribution in [0, 0.1) is 0 Å². The number of carbonyl (C=O) groups is 2. The molecule has 1 heterocycles. The highest BCUT2D eigenvalue weighted by atomic mass is 35.5. The van der Waals surface area contributed by atoms with Gasteiger partial charge in [0.05, 0.1) is 6.61 Å². The van der Waals surface area contributed by atoms with Crippen molar-refractivity contribution >= 4 is 29.1 Å². The molecule has 0 unspecified atom stereocenters. The molecule has 0 saturated carbocycles. The van der Waals surface area contributed by atoms with Crippen LogP contribution in [-0.4, -0.2) is 25.0 Å². The van der Waals surface area contributed by atoms with Crippen molar-refractivity contribution in [3.05, 3.63) is 58.6 Å². The Labute approximate surface area is 157 Å². The Morgan fingerprint density at radius 2 is 1.92 bits per heavy atom. The van der Waals surface area contributed by atoms with E-state index in [9.17, 15) is 9.59 Å². The maximum absolute atomic E-state index is 12.2. The van der Waals surface area contributed by atoms with Crippen molar-refractivity contribution in [2.24, 2.45) is 0 Å². The second-order valence-electron chi connectivity index (χ2n) is 6.19. The number of hydrogen-bond donors (Lipinski definition) is 2. The van der Waals surface area contributed by atoms with Gasteiger partial charge in [0.25, 0.3) is 5.91 Å². The molecule has 0 saturated heterocycles. The Bertz CT molecular complexity index is 790. The summed E-state index contributed by atoms with van der Waals surface area (Å²) < 4.78 is 5.62. The molecule has 26 heavy (non-hydrogen) atoms. The van der Waals surface area contributed by atoms with Gasteiger partial charge >= 0.3 is 0 Å². The zero-order chi connectivity index (χ0) is 18.4. The summed E-state index contributed by atoms with van der Waals surface area (Å²) in [5.74, 6) is 0.721. The Kier molecular flexibility index (Phi) is 6.12. The van der Waals surface area contributed by atoms with Crippen molar-refractivity contribution in [2.45, 2.75) is 25.7 Å². The van der Waals surface area contributed by atoms with Gasteiger partial charge in [0, 0.05) is 29.2 Å². The first-order valence-corrected chi connectivity index (χ1v) is 9.09. The van der Waals surface area contributed by atoms with E-state index in [1.54, 1.807) is 24.3 Å². The summed E-state index contributed by atoms with van der Waals surface area (Å²) in [7, 11) is 0. The van der Waals surface area contributed by atoms with Gasteiger partial charge in [-0.1, -0.05) is 11.6 Å². The van der Waals surface area contributed by atoms with E-state index in [0.717, 1.165) is 29.8 Å². The number of nitrogens with one attached hydrogen (secondary N) is 2. The summed E-state index contributed by atoms with van der Waals surface area (Å²) in [5.41, 5.74) is 2.43. The van der Waals surface area contributed by atoms with Crippen molar-refractivity contribution in [3.63, 3.8) is 0 Å². The van der Waals surface area contributed by atoms with E-state index in [1.165, 1.54) is 0 Å². The van der Waals surface area contributed by atoms with Gasteiger partial charge in [-0.3, -0.25) is 9.59 Å². The fourth-order valence-electron chi connectivity index (χ4n) is 2.78. The molecule has 136 valence electrons. The molecule has 3 rings (SSSR count). The first-order valence-electron chi connectivity index (χ1n) is 8.71. The molecule has 1 aliphatic rings. The van der Waals surface area contributed by atoms with E-state index in [0.29, 0.717) is 36.6 Å². The maximum atomic E-state index is 12.2. The molecule has 6 heteroatoms. The van der Waals surface area contributed by atoms with Gasteiger partial charge in [-0.2, -0.15) is 0 Å². The third-order valence-electron chi connectivity index (χ3n) is 4.20. The summed E-state index contributed by atoms with van der Waals surface area (Å²) in [6.45, 7) is 1.19. The molecule has 0 radical (unpaired) electrons. The minimum Gasteiger partial charge on any atom is -0.494 e. The lowest BCUT2D eigenvalue weighted by Gasteiger charge is -2.17. The fraction of sp³-hybridized carbons (Fsp3) is 0.300. The lowest BCUT2D eigenvalue weighted by Crippen LogP contribution is -2.25. The van der Waals surface area contributed by atoms with Gasteiger partial charge in [0.15, 0.2) is 0 Å². The Morgan fingerprint density at radius 3 is 2.73 bits per heavy atom. The van der Waals surface area contributed by atoms with Crippen molar-refractivity contribution in [2.75, 3.05) is 18.5 Å². The summed E-state index contributed by atoms with van der Waals surface area (Å²) in [5, 5.41) is 6.42. The number of unbranched alkanes of at least 4 members (excludes halogenated alkanes) is 1. The predicted molar refractivity (Wildman–Crippen MR) is 102 cm³/mol. The van der Waals surface area contributed by atoms with E-state index < -0.39 is 0 Å². The number of fused-ring (bicyclic) bond motifs is 1. The Morgan fingerprint density at radius 1 is 1.12 bits per heavy atom. The molecule has 0 atom stereocenters. The number of benzene rings is 2. The predicted octanol–water partition coefficient (Wildman–Crippen LogP) is 3.81. The first kappa shape index (κ1) is 18.3. The van der Waals surface area contributed by atoms with Gasteiger partial charge < -0.3 is 15.4 Å². The van der Waals surface area contributed by atoms with E-state index in [1.807, 2.05) is 18.2 Å². The van der Waals surface area contributed by atoms with Crippen LogP contribution in [0.3, 0.4) is 0 Å². The topological polar surface area (TPSA) is 67.4 Å². The summed E-state index contributed by atoms with van der Waals surface area (Å²) in [4.78, 5) is 23.6. The molecule has 2 aromatic carbocycles. The van der Waals surface area contributed by atoms with Crippen LogP contribution in [0.1, 0.15) is 35.2 Å². The van der Waals surface area contributed by atoms with Gasteiger partial charge in [-0.05, 0) is 67.3 Å². The standard InChI is InChI=1S/C20H21ClN2O3/c21-16-5-7-17(8-6-16)26-12-2-1-11-22-20(25)15-3-9-18-14(13-15)4-10-19(24)23-18/h3,5-9,13H,1-2,4,10-12H2,(H,22,25)(H,23,24). The van der Waals surface area contributed by atoms with Crippen LogP contribution in [0.15, 0.2) is 42.5 Å². The normalized spacial score (nSPS) is 12.9. The van der Waals surface area contributed by atoms with Crippen LogP contribution in [0.4, 0.5) is 5.69 Å². The molecule has 0 spiro atoms. The molecule has 0 aliphatic carbocycles. The van der Waals surface area contributed by atoms with Crippen LogP contribution in [0.25, 0.3) is 0 Å². The molecule has 0 fully saturated rings. The highest BCUT2D eigenvalue weighted by molar-refractivity contribution is 6.30. The highest BCUT2D eigenvalue weighted by Gasteiger charge is 2.16. The van der Waals surface area contributed by atoms with Crippen LogP contribution >= 0.6 is 11.6 Å². The van der Waals surface area contributed by atoms with Crippen LogP contribution in [-0.2, 0) is 11.2 Å². The molecule has 0 bridgehead atoms. The van der Waals surface area contributed by atoms with Crippen molar-refractivity contribution in [1.29, 1.82) is 0 Å². The highest BCUT2D eigenvalue weighted by Crippen LogP contribution is 2.23. The second kappa shape index (κ2) is 8.72. The van der Waals surface area contributed by atoms with E-state index in [4.69, 9.17) is 16.3 Å². The van der Waals surface area contributed by atoms with Crippen molar-refractivity contribution in [1.82, 2.24) is 5.32 Å². The number of aryl methyl sites for hydroxylation is 1. The lowest BCUT2D eigenvalue weighted by molar-refractivity contribution is -0.116. The molecule has 2 amide bonds. The average Bonchev–Trinajstić information content (AvgIpc) is 2.65. The number of carbonyl (C=O) groups excluding carboxylic acids is 2. The Balaban J connectivity index is 1.37. The summed E-state index contributed by atoms with van der Waals surface area (Å²) in [6.07, 6.45) is 2.81. The number of anilines is 1. The first-order chi connectivity index (χ1) is 12.6. The zero-order valence-corrected chi connectivity index (χ0v) is 15.1. The quantitative estimate of drug-likeness (QED) is 0.726. The maximum Gasteiger partial charge on any atom is 0.251 e. The molecule has 2 N–H and O–H groups in total. The molecular weight excluding hydrogens is 352 g/mol. The lowest BCUT2D eigenvalue weighted by atomic mass is 10.00. The summed E-state index contributed by atoms with van der Waals surface area (Å²) in [6, 6.07) is 12.6. The minimum absolute atomic E-state index is 0.0236. The molecule has 0 aromatic heterocycles. The van der Waals surface area contributed by atoms with E-state index in [2.05, 4.69) is 10.6 Å². The zero-order valence-electron chi connectivity index (χ0n) is 14.4. The SMILES string of the molecule is O=C1CCc2cc(C(=O)NCCCCOc3ccc(Cl)cc3)ccc2N1. The third-order valence-corrected chi connectivity index (χ3v) is 4.45. The van der Waals surface area contributed by atoms with Crippen molar-refractivity contribution < 1.29 is 14.3 Å². The van der Waals surface area contributed by atoms with Crippen LogP contribution in [0.2, 0.25) is 5.02 Å². The second-order valence-corrected chi connectivity index (χ2v) is 6.62.